The summed E-state index contributed by atoms with van der Waals surface area (Å²) in [6.07, 6.45) is 3.66. The third kappa shape index (κ3) is 6.54. The minimum atomic E-state index is -1.87. The van der Waals surface area contributed by atoms with Gasteiger partial charge in [0.25, 0.3) is 5.56 Å². The van der Waals surface area contributed by atoms with Gasteiger partial charge in [0.1, 0.15) is 11.6 Å². The van der Waals surface area contributed by atoms with Gasteiger partial charge in [0.05, 0.1) is 28.3 Å². The largest absolute Gasteiger partial charge is 0.414 e. The third-order valence-corrected chi connectivity index (χ3v) is 14.4. The average Bonchev–Trinajstić information content (AvgIpc) is 2.95. The number of piperidine rings is 1. The van der Waals surface area contributed by atoms with Crippen LogP contribution < -0.4 is 15.8 Å². The molecule has 1 atom stereocenters. The van der Waals surface area contributed by atoms with Crippen molar-refractivity contribution in [3.63, 3.8) is 0 Å². The Morgan fingerprint density at radius 1 is 1.12 bits per heavy atom. The number of anilines is 2. The van der Waals surface area contributed by atoms with E-state index in [0.717, 1.165) is 66.9 Å². The number of benzene rings is 2. The number of halogens is 1. The Morgan fingerprint density at radius 3 is 2.44 bits per heavy atom. The van der Waals surface area contributed by atoms with Gasteiger partial charge < -0.3 is 19.4 Å². The zero-order valence-corrected chi connectivity index (χ0v) is 28.2. The van der Waals surface area contributed by atoms with Gasteiger partial charge in [0, 0.05) is 50.9 Å². The Labute approximate surface area is 256 Å². The van der Waals surface area contributed by atoms with Crippen LogP contribution in [-0.4, -0.2) is 50.3 Å². The lowest BCUT2D eigenvalue weighted by Gasteiger charge is -2.42. The SMILES string of the molecule is Cc1cc([C@@H](C)Nc2cccc(F)c2N2CCC(O[Si](C)(C)C(C)(C)C)CC2)c2nc(C3CCOCC3)n(C)c(=O)c2c1. The predicted molar refractivity (Wildman–Crippen MR) is 176 cm³/mol. The molecule has 2 saturated heterocycles. The fourth-order valence-corrected chi connectivity index (χ4v) is 7.70. The molecule has 2 aliphatic rings. The molecule has 0 amide bonds. The van der Waals surface area contributed by atoms with Crippen LogP contribution in [0.3, 0.4) is 0 Å². The van der Waals surface area contributed by atoms with E-state index in [9.17, 15) is 4.79 Å². The number of aryl methyl sites for hydroxylation is 1. The summed E-state index contributed by atoms with van der Waals surface area (Å²) >= 11 is 0. The standard InChI is InChI=1S/C34H49FN4O3Si/c1-22-20-26(30-27(21-22)33(40)38(6)32(37-30)24-14-18-41-19-15-24)23(2)36-29-11-9-10-28(35)31(29)39-16-12-25(13-17-39)42-43(7,8)34(3,4)5/h9-11,20-21,23-25,36H,12-19H2,1-8H3/t23-/m1/s1. The molecule has 43 heavy (non-hydrogen) atoms. The smallest absolute Gasteiger partial charge is 0.261 e. The first-order valence-corrected chi connectivity index (χ1v) is 18.7. The second-order valence-corrected chi connectivity index (χ2v) is 18.8. The Hall–Kier alpha value is -2.75. The zero-order valence-electron chi connectivity index (χ0n) is 27.2. The number of ether oxygens (including phenoxy) is 1. The summed E-state index contributed by atoms with van der Waals surface area (Å²) < 4.78 is 29.5. The van der Waals surface area contributed by atoms with Crippen LogP contribution in [0.2, 0.25) is 18.1 Å². The van der Waals surface area contributed by atoms with Crippen molar-refractivity contribution in [1.82, 2.24) is 9.55 Å². The Bertz CT molecular complexity index is 1520. The van der Waals surface area contributed by atoms with E-state index in [0.29, 0.717) is 24.3 Å². The number of hydrogen-bond acceptors (Lipinski definition) is 6. The number of aromatic nitrogens is 2. The lowest BCUT2D eigenvalue weighted by atomic mass is 9.97. The molecule has 234 valence electrons. The van der Waals surface area contributed by atoms with E-state index in [-0.39, 0.29) is 34.5 Å². The number of nitrogens with one attached hydrogen (secondary N) is 1. The lowest BCUT2D eigenvalue weighted by molar-refractivity contribution is 0.0828. The topological polar surface area (TPSA) is 68.6 Å². The molecule has 0 unspecified atom stereocenters. The first-order valence-electron chi connectivity index (χ1n) is 15.8. The second kappa shape index (κ2) is 12.3. The molecule has 3 heterocycles. The van der Waals surface area contributed by atoms with Crippen molar-refractivity contribution in [1.29, 1.82) is 0 Å². The molecule has 9 heteroatoms. The van der Waals surface area contributed by atoms with Crippen molar-refractivity contribution in [2.75, 3.05) is 36.5 Å². The van der Waals surface area contributed by atoms with E-state index >= 15 is 4.39 Å². The summed E-state index contributed by atoms with van der Waals surface area (Å²) in [4.78, 5) is 20.8. The van der Waals surface area contributed by atoms with E-state index in [2.05, 4.69) is 57.1 Å². The summed E-state index contributed by atoms with van der Waals surface area (Å²) in [6.45, 7) is 18.3. The number of rotatable bonds is 7. The summed E-state index contributed by atoms with van der Waals surface area (Å²) in [5, 5.41) is 4.39. The monoisotopic (exact) mass is 608 g/mol. The summed E-state index contributed by atoms with van der Waals surface area (Å²) in [5.74, 6) is 0.767. The quantitative estimate of drug-likeness (QED) is 0.281. The highest BCUT2D eigenvalue weighted by Gasteiger charge is 2.40. The van der Waals surface area contributed by atoms with Crippen molar-refractivity contribution in [2.45, 2.75) is 96.5 Å². The van der Waals surface area contributed by atoms with Gasteiger partial charge >= 0.3 is 0 Å². The number of para-hydroxylation sites is 1. The van der Waals surface area contributed by atoms with Crippen molar-refractivity contribution >= 4 is 30.6 Å². The first kappa shape index (κ1) is 31.7. The Kier molecular flexibility index (Phi) is 9.08. The summed E-state index contributed by atoms with van der Waals surface area (Å²) in [5.41, 5.74) is 3.98. The van der Waals surface area contributed by atoms with Gasteiger partial charge in [-0.15, -0.1) is 0 Å². The Morgan fingerprint density at radius 2 is 1.79 bits per heavy atom. The number of nitrogens with zero attached hydrogens (tertiary/aromatic N) is 3. The molecule has 2 aliphatic heterocycles. The van der Waals surface area contributed by atoms with Gasteiger partial charge in [0.15, 0.2) is 8.32 Å². The van der Waals surface area contributed by atoms with Gasteiger partial charge in [-0.3, -0.25) is 9.36 Å². The van der Waals surface area contributed by atoms with E-state index in [1.54, 1.807) is 10.6 Å². The lowest BCUT2D eigenvalue weighted by Crippen LogP contribution is -2.47. The number of hydrogen-bond donors (Lipinski definition) is 1. The highest BCUT2D eigenvalue weighted by Crippen LogP contribution is 2.40. The zero-order chi connectivity index (χ0) is 31.1. The molecule has 2 fully saturated rings. The second-order valence-electron chi connectivity index (χ2n) is 14.0. The molecule has 5 rings (SSSR count). The van der Waals surface area contributed by atoms with Crippen LogP contribution in [0.15, 0.2) is 35.1 Å². The molecular weight excluding hydrogens is 559 g/mol. The minimum absolute atomic E-state index is 0.0297. The van der Waals surface area contributed by atoms with Crippen LogP contribution in [0.5, 0.6) is 0 Å². The third-order valence-electron chi connectivity index (χ3n) is 9.83. The molecular formula is C34H49FN4O3Si. The fourth-order valence-electron chi connectivity index (χ4n) is 6.27. The highest BCUT2D eigenvalue weighted by molar-refractivity contribution is 6.74. The van der Waals surface area contributed by atoms with Crippen LogP contribution in [0, 0.1) is 12.7 Å². The van der Waals surface area contributed by atoms with Crippen molar-refractivity contribution in [2.24, 2.45) is 7.05 Å². The maximum Gasteiger partial charge on any atom is 0.261 e. The maximum absolute atomic E-state index is 15.5. The van der Waals surface area contributed by atoms with Crippen LogP contribution in [0.4, 0.5) is 15.8 Å². The van der Waals surface area contributed by atoms with Crippen LogP contribution in [0.1, 0.15) is 82.3 Å². The van der Waals surface area contributed by atoms with Crippen LogP contribution >= 0.6 is 0 Å². The van der Waals surface area contributed by atoms with E-state index in [1.165, 1.54) is 6.07 Å². The predicted octanol–water partition coefficient (Wildman–Crippen LogP) is 7.44. The van der Waals surface area contributed by atoms with Gasteiger partial charge in [-0.05, 0) is 81.4 Å². The van der Waals surface area contributed by atoms with Gasteiger partial charge in [-0.1, -0.05) is 32.9 Å². The average molecular weight is 609 g/mol. The number of fused-ring (bicyclic) bond motifs is 1. The maximum atomic E-state index is 15.5. The van der Waals surface area contributed by atoms with Gasteiger partial charge in [-0.25, -0.2) is 9.37 Å². The van der Waals surface area contributed by atoms with E-state index in [1.807, 2.05) is 26.1 Å². The molecule has 0 spiro atoms. The van der Waals surface area contributed by atoms with E-state index in [4.69, 9.17) is 14.1 Å². The molecule has 1 N–H and O–H groups in total. The normalized spacial score (nSPS) is 18.3. The first-order chi connectivity index (χ1) is 20.3. The molecule has 7 nitrogen and oxygen atoms in total. The fraction of sp³-hybridized carbons (Fsp3) is 0.588. The molecule has 0 bridgehead atoms. The van der Waals surface area contributed by atoms with Crippen LogP contribution in [0.25, 0.3) is 10.9 Å². The molecule has 3 aromatic rings. The summed E-state index contributed by atoms with van der Waals surface area (Å²) in [7, 11) is -0.0437. The van der Waals surface area contributed by atoms with Gasteiger partial charge in [-0.2, -0.15) is 0 Å². The van der Waals surface area contributed by atoms with E-state index < -0.39 is 8.32 Å². The molecule has 0 radical (unpaired) electrons. The van der Waals surface area contributed by atoms with Crippen LogP contribution in [-0.2, 0) is 16.2 Å². The molecule has 0 saturated carbocycles. The van der Waals surface area contributed by atoms with Crippen molar-refractivity contribution < 1.29 is 13.6 Å². The minimum Gasteiger partial charge on any atom is -0.414 e. The Balaban J connectivity index is 1.42. The highest BCUT2D eigenvalue weighted by atomic mass is 28.4. The molecule has 2 aromatic carbocycles. The summed E-state index contributed by atoms with van der Waals surface area (Å²) in [6, 6.07) is 9.07. The molecule has 1 aromatic heterocycles. The molecule has 0 aliphatic carbocycles. The van der Waals surface area contributed by atoms with Crippen molar-refractivity contribution in [3.8, 4) is 0 Å². The van der Waals surface area contributed by atoms with Crippen molar-refractivity contribution in [3.05, 3.63) is 63.5 Å². The van der Waals surface area contributed by atoms with Gasteiger partial charge in [0.2, 0.25) is 0 Å².